The van der Waals surface area contributed by atoms with Crippen LogP contribution in [0.1, 0.15) is 28.1 Å². The standard InChI is InChI=1S/C27H27FN4O2S/c1-17-8-12-22(13-9-17)32-24(15-34-26-19(3)6-5-7-20(26)4)30-31-27(32)35-16-25(33)29-23-14-21(28)11-10-18(23)2/h5-14H,15-16H2,1-4H3,(H,29,33). The van der Waals surface area contributed by atoms with E-state index in [2.05, 4.69) is 15.5 Å². The van der Waals surface area contributed by atoms with Crippen LogP contribution < -0.4 is 10.1 Å². The number of thioether (sulfide) groups is 1. The van der Waals surface area contributed by atoms with Gasteiger partial charge in [0.25, 0.3) is 0 Å². The molecule has 0 saturated heterocycles. The molecule has 0 aliphatic carbocycles. The molecule has 0 unspecified atom stereocenters. The van der Waals surface area contributed by atoms with Crippen molar-refractivity contribution in [3.8, 4) is 11.4 Å². The van der Waals surface area contributed by atoms with Gasteiger partial charge in [0.1, 0.15) is 18.2 Å². The fourth-order valence-electron chi connectivity index (χ4n) is 3.65. The van der Waals surface area contributed by atoms with Gasteiger partial charge in [0.05, 0.1) is 5.75 Å². The predicted molar refractivity (Wildman–Crippen MR) is 137 cm³/mol. The fraction of sp³-hybridized carbons (Fsp3) is 0.222. The number of aryl methyl sites for hydroxylation is 4. The number of hydrogen-bond acceptors (Lipinski definition) is 5. The SMILES string of the molecule is Cc1ccc(-n2c(COc3c(C)cccc3C)nnc2SCC(=O)Nc2cc(F)ccc2C)cc1. The Morgan fingerprint density at radius 1 is 0.971 bits per heavy atom. The van der Waals surface area contributed by atoms with Crippen molar-refractivity contribution in [2.75, 3.05) is 11.1 Å². The summed E-state index contributed by atoms with van der Waals surface area (Å²) in [4.78, 5) is 12.6. The van der Waals surface area contributed by atoms with Crippen LogP contribution in [-0.2, 0) is 11.4 Å². The maximum atomic E-state index is 13.6. The van der Waals surface area contributed by atoms with Gasteiger partial charge < -0.3 is 10.1 Å². The minimum atomic E-state index is -0.397. The fourth-order valence-corrected chi connectivity index (χ4v) is 4.42. The zero-order valence-corrected chi connectivity index (χ0v) is 20.9. The number of halogens is 1. The van der Waals surface area contributed by atoms with E-state index in [-0.39, 0.29) is 18.3 Å². The summed E-state index contributed by atoms with van der Waals surface area (Å²) in [5.74, 6) is 0.893. The molecule has 0 fully saturated rings. The van der Waals surface area contributed by atoms with E-state index in [0.717, 1.165) is 33.7 Å². The maximum absolute atomic E-state index is 13.6. The number of hydrogen-bond donors (Lipinski definition) is 1. The van der Waals surface area contributed by atoms with E-state index < -0.39 is 5.82 Å². The van der Waals surface area contributed by atoms with Crippen LogP contribution in [0.2, 0.25) is 0 Å². The second-order valence-corrected chi connectivity index (χ2v) is 9.32. The van der Waals surface area contributed by atoms with Crippen molar-refractivity contribution < 1.29 is 13.9 Å². The lowest BCUT2D eigenvalue weighted by Crippen LogP contribution is -2.15. The number of nitrogens with one attached hydrogen (secondary N) is 1. The molecule has 1 N–H and O–H groups in total. The van der Waals surface area contributed by atoms with Crippen molar-refractivity contribution in [3.63, 3.8) is 0 Å². The Bertz CT molecular complexity index is 1330. The largest absolute Gasteiger partial charge is 0.485 e. The molecule has 0 spiro atoms. The van der Waals surface area contributed by atoms with Gasteiger partial charge in [0.2, 0.25) is 5.91 Å². The van der Waals surface area contributed by atoms with Gasteiger partial charge in [-0.05, 0) is 68.7 Å². The lowest BCUT2D eigenvalue weighted by molar-refractivity contribution is -0.113. The highest BCUT2D eigenvalue weighted by Crippen LogP contribution is 2.26. The summed E-state index contributed by atoms with van der Waals surface area (Å²) >= 11 is 1.26. The topological polar surface area (TPSA) is 69.0 Å². The molecular formula is C27H27FN4O2S. The van der Waals surface area contributed by atoms with Gasteiger partial charge in [-0.15, -0.1) is 10.2 Å². The van der Waals surface area contributed by atoms with E-state index in [1.54, 1.807) is 6.07 Å². The quantitative estimate of drug-likeness (QED) is 0.309. The Kier molecular flexibility index (Phi) is 7.51. The Labute approximate surface area is 208 Å². The van der Waals surface area contributed by atoms with E-state index in [0.29, 0.717) is 16.7 Å². The minimum absolute atomic E-state index is 0.0949. The number of amides is 1. The van der Waals surface area contributed by atoms with Crippen molar-refractivity contribution in [2.24, 2.45) is 0 Å². The van der Waals surface area contributed by atoms with Crippen molar-refractivity contribution >= 4 is 23.4 Å². The molecular weight excluding hydrogens is 463 g/mol. The lowest BCUT2D eigenvalue weighted by atomic mass is 10.1. The number of anilines is 1. The van der Waals surface area contributed by atoms with Crippen LogP contribution in [0.4, 0.5) is 10.1 Å². The molecule has 6 nitrogen and oxygen atoms in total. The van der Waals surface area contributed by atoms with Crippen molar-refractivity contribution in [1.29, 1.82) is 0 Å². The number of nitrogens with zero attached hydrogens (tertiary/aromatic N) is 3. The molecule has 0 aliphatic rings. The van der Waals surface area contributed by atoms with Crippen LogP contribution in [0.25, 0.3) is 5.69 Å². The lowest BCUT2D eigenvalue weighted by Gasteiger charge is -2.14. The summed E-state index contributed by atoms with van der Waals surface area (Å²) in [5, 5.41) is 12.0. The predicted octanol–water partition coefficient (Wildman–Crippen LogP) is 5.95. The first-order valence-corrected chi connectivity index (χ1v) is 12.2. The molecule has 0 bridgehead atoms. The van der Waals surface area contributed by atoms with Gasteiger partial charge in [0.15, 0.2) is 11.0 Å². The van der Waals surface area contributed by atoms with E-state index in [1.807, 2.05) is 74.7 Å². The molecule has 4 aromatic rings. The van der Waals surface area contributed by atoms with Gasteiger partial charge >= 0.3 is 0 Å². The van der Waals surface area contributed by atoms with Crippen LogP contribution in [0.3, 0.4) is 0 Å². The summed E-state index contributed by atoms with van der Waals surface area (Å²) < 4.78 is 21.6. The first-order chi connectivity index (χ1) is 16.8. The third kappa shape index (κ3) is 5.89. The van der Waals surface area contributed by atoms with Crippen molar-refractivity contribution in [1.82, 2.24) is 14.8 Å². The number of ether oxygens (including phenoxy) is 1. The first-order valence-electron chi connectivity index (χ1n) is 11.2. The summed E-state index contributed by atoms with van der Waals surface area (Å²) in [6, 6.07) is 18.3. The van der Waals surface area contributed by atoms with Gasteiger partial charge in [-0.2, -0.15) is 0 Å². The first kappa shape index (κ1) is 24.5. The highest BCUT2D eigenvalue weighted by atomic mass is 32.2. The molecule has 0 saturated carbocycles. The Hall–Kier alpha value is -3.65. The average Bonchev–Trinajstić information content (AvgIpc) is 3.23. The third-order valence-corrected chi connectivity index (χ3v) is 6.48. The van der Waals surface area contributed by atoms with E-state index in [1.165, 1.54) is 23.9 Å². The molecule has 1 heterocycles. The van der Waals surface area contributed by atoms with Gasteiger partial charge in [-0.3, -0.25) is 9.36 Å². The van der Waals surface area contributed by atoms with Crippen LogP contribution >= 0.6 is 11.8 Å². The number of para-hydroxylation sites is 1. The molecule has 35 heavy (non-hydrogen) atoms. The Morgan fingerprint density at radius 3 is 2.40 bits per heavy atom. The molecule has 180 valence electrons. The minimum Gasteiger partial charge on any atom is -0.485 e. The highest BCUT2D eigenvalue weighted by molar-refractivity contribution is 7.99. The molecule has 3 aromatic carbocycles. The van der Waals surface area contributed by atoms with E-state index in [4.69, 9.17) is 4.74 Å². The second kappa shape index (κ2) is 10.7. The average molecular weight is 491 g/mol. The van der Waals surface area contributed by atoms with Crippen LogP contribution in [-0.4, -0.2) is 26.4 Å². The summed E-state index contributed by atoms with van der Waals surface area (Å²) in [7, 11) is 0. The second-order valence-electron chi connectivity index (χ2n) is 8.38. The Morgan fingerprint density at radius 2 is 1.69 bits per heavy atom. The number of carbonyl (C=O) groups is 1. The molecule has 0 atom stereocenters. The van der Waals surface area contributed by atoms with Crippen LogP contribution in [0.15, 0.2) is 65.8 Å². The summed E-state index contributed by atoms with van der Waals surface area (Å²) in [5.41, 5.74) is 5.35. The maximum Gasteiger partial charge on any atom is 0.234 e. The zero-order valence-electron chi connectivity index (χ0n) is 20.1. The smallest absolute Gasteiger partial charge is 0.234 e. The summed E-state index contributed by atoms with van der Waals surface area (Å²) in [6.07, 6.45) is 0. The number of carbonyl (C=O) groups excluding carboxylic acids is 1. The summed E-state index contributed by atoms with van der Waals surface area (Å²) in [6.45, 7) is 8.08. The van der Waals surface area contributed by atoms with Gasteiger partial charge in [-0.25, -0.2) is 4.39 Å². The van der Waals surface area contributed by atoms with Crippen LogP contribution in [0, 0.1) is 33.5 Å². The van der Waals surface area contributed by atoms with E-state index >= 15 is 0 Å². The molecule has 1 aromatic heterocycles. The number of rotatable bonds is 8. The molecule has 1 amide bonds. The molecule has 0 radical (unpaired) electrons. The van der Waals surface area contributed by atoms with Crippen molar-refractivity contribution in [3.05, 3.63) is 94.6 Å². The van der Waals surface area contributed by atoms with Crippen LogP contribution in [0.5, 0.6) is 5.75 Å². The van der Waals surface area contributed by atoms with Crippen molar-refractivity contribution in [2.45, 2.75) is 39.5 Å². The molecule has 0 aliphatic heterocycles. The van der Waals surface area contributed by atoms with E-state index in [9.17, 15) is 9.18 Å². The molecule has 4 rings (SSSR count). The zero-order chi connectivity index (χ0) is 24.9. The highest BCUT2D eigenvalue weighted by Gasteiger charge is 2.18. The monoisotopic (exact) mass is 490 g/mol. The number of benzene rings is 3. The van der Waals surface area contributed by atoms with Gasteiger partial charge in [0, 0.05) is 11.4 Å². The van der Waals surface area contributed by atoms with Gasteiger partial charge in [-0.1, -0.05) is 53.7 Å². The normalized spacial score (nSPS) is 10.9. The Balaban J connectivity index is 1.55. The molecule has 8 heteroatoms. The number of aromatic nitrogens is 3. The third-order valence-electron chi connectivity index (χ3n) is 5.55.